The van der Waals surface area contributed by atoms with Gasteiger partial charge in [-0.3, -0.25) is 14.6 Å². The quantitative estimate of drug-likeness (QED) is 0.488. The zero-order chi connectivity index (χ0) is 22.5. The Morgan fingerprint density at radius 2 is 1.58 bits per heavy atom. The molecule has 0 aromatic carbocycles. The fourth-order valence-corrected chi connectivity index (χ4v) is 5.59. The van der Waals surface area contributed by atoms with Gasteiger partial charge in [-0.05, 0) is 57.3 Å². The van der Waals surface area contributed by atoms with E-state index in [1.54, 1.807) is 13.8 Å². The third kappa shape index (κ3) is 5.49. The Hall–Kier alpha value is -1.87. The number of β-amino-alcohol motifs (C(OH)–C–C–N with tert-alkyl or cyclic N) is 1. The van der Waals surface area contributed by atoms with Gasteiger partial charge >= 0.3 is 18.0 Å². The molecule has 0 radical (unpaired) electrons. The molecule has 6 atom stereocenters. The van der Waals surface area contributed by atoms with Crippen LogP contribution in [0.5, 0.6) is 0 Å². The Kier molecular flexibility index (Phi) is 8.16. The van der Waals surface area contributed by atoms with E-state index in [4.69, 9.17) is 14.2 Å². The van der Waals surface area contributed by atoms with Gasteiger partial charge in [0.05, 0.1) is 26.4 Å². The molecule has 3 aliphatic rings. The van der Waals surface area contributed by atoms with Gasteiger partial charge in [-0.2, -0.15) is 0 Å². The van der Waals surface area contributed by atoms with E-state index in [0.717, 1.165) is 25.8 Å². The molecular formula is C22H36N2O7. The Morgan fingerprint density at radius 3 is 2.23 bits per heavy atom. The summed E-state index contributed by atoms with van der Waals surface area (Å²) < 4.78 is 15.3. The van der Waals surface area contributed by atoms with Crippen LogP contribution >= 0.6 is 0 Å². The summed E-state index contributed by atoms with van der Waals surface area (Å²) in [6.07, 6.45) is 2.86. The summed E-state index contributed by atoms with van der Waals surface area (Å²) in [5.74, 6) is 0.365. The Balaban J connectivity index is 1.64. The lowest BCUT2D eigenvalue weighted by molar-refractivity contribution is -0.153. The fraction of sp³-hybridized carbons (Fsp3) is 0.864. The van der Waals surface area contributed by atoms with Gasteiger partial charge in [-0.1, -0.05) is 0 Å². The molecule has 0 aromatic heterocycles. The van der Waals surface area contributed by atoms with Gasteiger partial charge in [0.2, 0.25) is 0 Å². The van der Waals surface area contributed by atoms with Gasteiger partial charge in [0, 0.05) is 26.1 Å². The number of esters is 2. The van der Waals surface area contributed by atoms with Crippen LogP contribution in [0.1, 0.15) is 46.0 Å². The van der Waals surface area contributed by atoms with Gasteiger partial charge in [0.1, 0.15) is 12.1 Å². The highest BCUT2D eigenvalue weighted by Gasteiger charge is 2.46. The monoisotopic (exact) mass is 440 g/mol. The third-order valence-corrected chi connectivity index (χ3v) is 6.98. The van der Waals surface area contributed by atoms with Crippen LogP contribution in [0.2, 0.25) is 0 Å². The fourth-order valence-electron chi connectivity index (χ4n) is 5.59. The Labute approximate surface area is 184 Å². The molecule has 2 unspecified atom stereocenters. The Morgan fingerprint density at radius 1 is 0.903 bits per heavy atom. The zero-order valence-electron chi connectivity index (χ0n) is 18.8. The van der Waals surface area contributed by atoms with Crippen molar-refractivity contribution in [3.05, 3.63) is 0 Å². The van der Waals surface area contributed by atoms with E-state index < -0.39 is 18.2 Å². The molecule has 1 saturated carbocycles. The molecule has 9 nitrogen and oxygen atoms in total. The van der Waals surface area contributed by atoms with E-state index in [1.165, 1.54) is 12.0 Å². The van der Waals surface area contributed by atoms with Crippen LogP contribution in [0.15, 0.2) is 0 Å². The number of carbonyl (C=O) groups excluding carboxylic acids is 3. The van der Waals surface area contributed by atoms with Gasteiger partial charge in [0.25, 0.3) is 0 Å². The number of amides is 1. The number of methoxy groups -OCH3 is 1. The largest absolute Gasteiger partial charge is 0.465 e. The van der Waals surface area contributed by atoms with Crippen LogP contribution in [0.25, 0.3) is 0 Å². The summed E-state index contributed by atoms with van der Waals surface area (Å²) in [6, 6.07) is -1.01. The number of likely N-dealkylation sites (tertiary alicyclic amines) is 2. The van der Waals surface area contributed by atoms with Gasteiger partial charge in [-0.15, -0.1) is 0 Å². The number of ether oxygens (including phenoxy) is 3. The van der Waals surface area contributed by atoms with Gasteiger partial charge in [-0.25, -0.2) is 9.59 Å². The maximum atomic E-state index is 12.5. The van der Waals surface area contributed by atoms with Crippen molar-refractivity contribution >= 4 is 18.0 Å². The highest BCUT2D eigenvalue weighted by molar-refractivity contribution is 5.81. The SMILES string of the molecule is CCOC(=O)C1CC2C[C@@H](CN3C[C@@H](O)C[C@H]3C(=O)OCC)CC[C@H]2CN1C(=O)OC. The predicted molar refractivity (Wildman–Crippen MR) is 111 cm³/mol. The number of hydrogen-bond acceptors (Lipinski definition) is 8. The van der Waals surface area contributed by atoms with Crippen LogP contribution < -0.4 is 0 Å². The molecule has 9 heteroatoms. The maximum absolute atomic E-state index is 12.5. The number of rotatable bonds is 6. The lowest BCUT2D eigenvalue weighted by Crippen LogP contribution is -2.55. The summed E-state index contributed by atoms with van der Waals surface area (Å²) in [5.41, 5.74) is 0. The number of fused-ring (bicyclic) bond motifs is 1. The molecule has 2 aliphatic heterocycles. The lowest BCUT2D eigenvalue weighted by atomic mass is 9.69. The molecular weight excluding hydrogens is 404 g/mol. The van der Waals surface area contributed by atoms with Crippen LogP contribution in [-0.4, -0.2) is 91.1 Å². The molecule has 1 aliphatic carbocycles. The number of nitrogens with zero attached hydrogens (tertiary/aromatic N) is 2. The zero-order valence-corrected chi connectivity index (χ0v) is 18.8. The molecule has 0 spiro atoms. The van der Waals surface area contributed by atoms with Crippen molar-refractivity contribution in [2.24, 2.45) is 17.8 Å². The summed E-state index contributed by atoms with van der Waals surface area (Å²) in [7, 11) is 1.33. The van der Waals surface area contributed by atoms with Crippen molar-refractivity contribution in [1.29, 1.82) is 0 Å². The van der Waals surface area contributed by atoms with Crippen molar-refractivity contribution in [1.82, 2.24) is 9.80 Å². The molecule has 2 saturated heterocycles. The first-order valence-corrected chi connectivity index (χ1v) is 11.5. The number of aliphatic hydroxyl groups is 1. The van der Waals surface area contributed by atoms with E-state index >= 15 is 0 Å². The average Bonchev–Trinajstić information content (AvgIpc) is 3.12. The highest BCUT2D eigenvalue weighted by Crippen LogP contribution is 2.42. The van der Waals surface area contributed by atoms with Crippen molar-refractivity contribution in [2.45, 2.75) is 64.1 Å². The standard InChI is InChI=1S/C22H36N2O7/c1-4-30-20(26)18-10-17(25)13-23(18)11-14-6-7-15-12-24(22(28)29-3)19(9-16(15)8-14)21(27)31-5-2/h14-19,25H,4-13H2,1-3H3/t14-,15-,16?,17-,18-,19?/m0/s1. The summed E-state index contributed by atoms with van der Waals surface area (Å²) in [5, 5.41) is 10.1. The van der Waals surface area contributed by atoms with Crippen LogP contribution in [0, 0.1) is 17.8 Å². The van der Waals surface area contributed by atoms with E-state index in [2.05, 4.69) is 4.90 Å². The molecule has 0 aromatic rings. The van der Waals surface area contributed by atoms with Crippen molar-refractivity contribution < 1.29 is 33.7 Å². The highest BCUT2D eigenvalue weighted by atomic mass is 16.6. The van der Waals surface area contributed by atoms with Gasteiger partial charge < -0.3 is 19.3 Å². The summed E-state index contributed by atoms with van der Waals surface area (Å²) in [6.45, 7) is 5.86. The molecule has 1 amide bonds. The molecule has 0 bridgehead atoms. The third-order valence-electron chi connectivity index (χ3n) is 6.98. The van der Waals surface area contributed by atoms with Crippen LogP contribution in [0.4, 0.5) is 4.79 Å². The number of aliphatic hydroxyl groups excluding tert-OH is 1. The van der Waals surface area contributed by atoms with E-state index in [-0.39, 0.29) is 24.6 Å². The second kappa shape index (κ2) is 10.6. The number of piperidine rings is 1. The molecule has 3 rings (SSSR count). The van der Waals surface area contributed by atoms with Crippen LogP contribution in [-0.2, 0) is 23.8 Å². The molecule has 176 valence electrons. The van der Waals surface area contributed by atoms with E-state index in [0.29, 0.717) is 50.3 Å². The predicted octanol–water partition coefficient (Wildman–Crippen LogP) is 1.42. The molecule has 2 heterocycles. The second-order valence-corrected chi connectivity index (χ2v) is 8.94. The minimum Gasteiger partial charge on any atom is -0.465 e. The first-order valence-electron chi connectivity index (χ1n) is 11.5. The van der Waals surface area contributed by atoms with E-state index in [9.17, 15) is 19.5 Å². The normalized spacial score (nSPS) is 33.5. The van der Waals surface area contributed by atoms with Crippen LogP contribution in [0.3, 0.4) is 0 Å². The smallest absolute Gasteiger partial charge is 0.410 e. The second-order valence-electron chi connectivity index (χ2n) is 8.94. The topological polar surface area (TPSA) is 106 Å². The summed E-state index contributed by atoms with van der Waals surface area (Å²) >= 11 is 0. The van der Waals surface area contributed by atoms with E-state index in [1.807, 2.05) is 0 Å². The number of carbonyl (C=O) groups is 3. The van der Waals surface area contributed by atoms with Gasteiger partial charge in [0.15, 0.2) is 0 Å². The summed E-state index contributed by atoms with van der Waals surface area (Å²) in [4.78, 5) is 40.7. The molecule has 3 fully saturated rings. The van der Waals surface area contributed by atoms with Crippen molar-refractivity contribution in [2.75, 3.05) is 40.0 Å². The average molecular weight is 441 g/mol. The maximum Gasteiger partial charge on any atom is 0.410 e. The minimum atomic E-state index is -0.617. The number of hydrogen-bond donors (Lipinski definition) is 1. The van der Waals surface area contributed by atoms with Crippen molar-refractivity contribution in [3.63, 3.8) is 0 Å². The first kappa shape index (κ1) is 23.8. The lowest BCUT2D eigenvalue weighted by Gasteiger charge is -2.46. The minimum absolute atomic E-state index is 0.263. The molecule has 31 heavy (non-hydrogen) atoms. The van der Waals surface area contributed by atoms with Crippen molar-refractivity contribution in [3.8, 4) is 0 Å². The Bertz CT molecular complexity index is 658. The molecule has 1 N–H and O–H groups in total. The first-order chi connectivity index (χ1) is 14.9.